The topological polar surface area (TPSA) is 31.6 Å². The molecule has 0 aliphatic heterocycles. The fourth-order valence-corrected chi connectivity index (χ4v) is 0.523. The van der Waals surface area contributed by atoms with Crippen LogP contribution in [0.1, 0.15) is 1.43 Å². The van der Waals surface area contributed by atoms with E-state index in [9.17, 15) is 0 Å². The highest BCUT2D eigenvalue weighted by molar-refractivity contribution is 5.15. The van der Waals surface area contributed by atoms with E-state index in [0.717, 1.165) is 0 Å². The van der Waals surface area contributed by atoms with Gasteiger partial charge in [-0.25, -0.2) is 0 Å². The fourth-order valence-electron chi connectivity index (χ4n) is 0.523. The van der Waals surface area contributed by atoms with Crippen LogP contribution in [0, 0.1) is 0 Å². The van der Waals surface area contributed by atoms with E-state index in [4.69, 9.17) is 13.9 Å². The number of furan rings is 1. The van der Waals surface area contributed by atoms with Crippen molar-refractivity contribution < 1.29 is 15.3 Å². The van der Waals surface area contributed by atoms with Gasteiger partial charge in [0.1, 0.15) is 0 Å². The molecule has 1 rings (SSSR count). The molecule has 0 aliphatic carbocycles. The Bertz CT molecular complexity index is 166. The van der Waals surface area contributed by atoms with Gasteiger partial charge in [-0.2, -0.15) is 0 Å². The van der Waals surface area contributed by atoms with Crippen LogP contribution >= 0.6 is 0 Å². The van der Waals surface area contributed by atoms with Gasteiger partial charge in [-0.15, -0.1) is 0 Å². The molecule has 1 heterocycles. The fraction of sp³-hybridized carbons (Fsp3) is 0.333. The van der Waals surface area contributed by atoms with Crippen molar-refractivity contribution in [2.45, 2.75) is 0 Å². The van der Waals surface area contributed by atoms with Crippen LogP contribution in [0.15, 0.2) is 16.5 Å². The number of rotatable bonds is 2. The minimum Gasteiger partial charge on any atom is -0.468 e. The summed E-state index contributed by atoms with van der Waals surface area (Å²) >= 11 is 0. The van der Waals surface area contributed by atoms with Crippen LogP contribution in [-0.4, -0.2) is 14.2 Å². The van der Waals surface area contributed by atoms with E-state index < -0.39 is 0 Å². The van der Waals surface area contributed by atoms with E-state index in [1.54, 1.807) is 12.1 Å². The smallest absolute Gasteiger partial charge is 0.468 e. The Balaban J connectivity index is 0.000000810. The van der Waals surface area contributed by atoms with Crippen molar-refractivity contribution >= 4 is 0 Å². The molecule has 1 aromatic heterocycles. The Hall–Kier alpha value is -1.12. The van der Waals surface area contributed by atoms with Crippen molar-refractivity contribution in [3.8, 4) is 11.9 Å². The van der Waals surface area contributed by atoms with Gasteiger partial charge in [0, 0.05) is 12.1 Å². The molecular formula is C6H9O3+. The van der Waals surface area contributed by atoms with Crippen LogP contribution in [0.25, 0.3) is 0 Å². The second kappa shape index (κ2) is 2.44. The van der Waals surface area contributed by atoms with Crippen LogP contribution in [0.3, 0.4) is 0 Å². The SMILES string of the molecule is COc1ccc(OC)o1.[H+]. The van der Waals surface area contributed by atoms with Gasteiger partial charge in [0.05, 0.1) is 14.2 Å². The van der Waals surface area contributed by atoms with E-state index >= 15 is 0 Å². The molecule has 0 spiro atoms. The third-order valence-corrected chi connectivity index (χ3v) is 0.959. The van der Waals surface area contributed by atoms with E-state index in [2.05, 4.69) is 0 Å². The first-order valence-corrected chi connectivity index (χ1v) is 2.54. The molecule has 0 atom stereocenters. The number of hydrogen-bond acceptors (Lipinski definition) is 3. The molecule has 0 aliphatic rings. The summed E-state index contributed by atoms with van der Waals surface area (Å²) in [7, 11) is 3.08. The molecule has 0 N–H and O–H groups in total. The van der Waals surface area contributed by atoms with Crippen molar-refractivity contribution in [1.82, 2.24) is 0 Å². The number of hydrogen-bond donors (Lipinski definition) is 0. The first kappa shape index (κ1) is 6.01. The third-order valence-electron chi connectivity index (χ3n) is 0.959. The molecule has 0 bridgehead atoms. The first-order valence-electron chi connectivity index (χ1n) is 2.54. The van der Waals surface area contributed by atoms with Crippen LogP contribution < -0.4 is 9.47 Å². The Morgan fingerprint density at radius 2 is 1.67 bits per heavy atom. The molecule has 0 saturated carbocycles. The predicted octanol–water partition coefficient (Wildman–Crippen LogP) is 1.41. The lowest BCUT2D eigenvalue weighted by atomic mass is 10.6. The summed E-state index contributed by atoms with van der Waals surface area (Å²) < 4.78 is 14.4. The average molecular weight is 129 g/mol. The van der Waals surface area contributed by atoms with Crippen LogP contribution in [0.4, 0.5) is 0 Å². The molecule has 1 aromatic rings. The first-order chi connectivity index (χ1) is 4.36. The van der Waals surface area contributed by atoms with Crippen LogP contribution in [-0.2, 0) is 0 Å². The van der Waals surface area contributed by atoms with Gasteiger partial charge < -0.3 is 13.9 Å². The summed E-state index contributed by atoms with van der Waals surface area (Å²) in [5.41, 5.74) is 0. The van der Waals surface area contributed by atoms with Crippen molar-refractivity contribution in [3.63, 3.8) is 0 Å². The molecule has 3 heteroatoms. The van der Waals surface area contributed by atoms with Crippen molar-refractivity contribution in [2.75, 3.05) is 14.2 Å². The summed E-state index contributed by atoms with van der Waals surface area (Å²) in [6, 6.07) is 3.39. The zero-order valence-corrected chi connectivity index (χ0v) is 5.38. The zero-order valence-electron chi connectivity index (χ0n) is 6.38. The number of methoxy groups -OCH3 is 2. The average Bonchev–Trinajstić information content (AvgIpc) is 2.34. The van der Waals surface area contributed by atoms with Gasteiger partial charge in [-0.1, -0.05) is 0 Å². The Morgan fingerprint density at radius 3 is 1.89 bits per heavy atom. The minimum absolute atomic E-state index is 0. The quantitative estimate of drug-likeness (QED) is 0.605. The Morgan fingerprint density at radius 1 is 1.22 bits per heavy atom. The highest BCUT2D eigenvalue weighted by Crippen LogP contribution is 2.20. The monoisotopic (exact) mass is 129 g/mol. The summed E-state index contributed by atoms with van der Waals surface area (Å²) in [6.45, 7) is 0. The van der Waals surface area contributed by atoms with Gasteiger partial charge >= 0.3 is 1.43 Å². The molecule has 50 valence electrons. The van der Waals surface area contributed by atoms with E-state index in [1.165, 1.54) is 14.2 Å². The lowest BCUT2D eigenvalue weighted by Gasteiger charge is -1.91. The normalized spacial score (nSPS) is 9.11. The molecule has 3 nitrogen and oxygen atoms in total. The summed E-state index contributed by atoms with van der Waals surface area (Å²) in [4.78, 5) is 0. The summed E-state index contributed by atoms with van der Waals surface area (Å²) in [6.07, 6.45) is 0. The summed E-state index contributed by atoms with van der Waals surface area (Å²) in [5, 5.41) is 0. The maximum atomic E-state index is 4.94. The largest absolute Gasteiger partial charge is 1.00 e. The lowest BCUT2D eigenvalue weighted by Crippen LogP contribution is -1.78. The molecule has 0 unspecified atom stereocenters. The molecule has 0 radical (unpaired) electrons. The highest BCUT2D eigenvalue weighted by atomic mass is 16.6. The van der Waals surface area contributed by atoms with E-state index in [-0.39, 0.29) is 1.43 Å². The number of ether oxygens (including phenoxy) is 2. The van der Waals surface area contributed by atoms with Crippen LogP contribution in [0.5, 0.6) is 11.9 Å². The molecule has 0 aromatic carbocycles. The van der Waals surface area contributed by atoms with Gasteiger partial charge in [-0.3, -0.25) is 0 Å². The van der Waals surface area contributed by atoms with Gasteiger partial charge in [0.2, 0.25) is 0 Å². The van der Waals surface area contributed by atoms with Gasteiger partial charge in [0.15, 0.2) is 0 Å². The maximum absolute atomic E-state index is 4.94. The molecular weight excluding hydrogens is 120 g/mol. The van der Waals surface area contributed by atoms with Gasteiger partial charge in [-0.05, 0) is 0 Å². The van der Waals surface area contributed by atoms with E-state index in [1.807, 2.05) is 0 Å². The third kappa shape index (κ3) is 1.16. The minimum atomic E-state index is 0. The molecule has 0 amide bonds. The van der Waals surface area contributed by atoms with Crippen molar-refractivity contribution in [2.24, 2.45) is 0 Å². The predicted molar refractivity (Wildman–Crippen MR) is 32.9 cm³/mol. The Labute approximate surface area is 54.7 Å². The second-order valence-corrected chi connectivity index (χ2v) is 1.48. The zero-order chi connectivity index (χ0) is 6.69. The highest BCUT2D eigenvalue weighted by Gasteiger charge is 1.97. The van der Waals surface area contributed by atoms with E-state index in [0.29, 0.717) is 11.9 Å². The maximum Gasteiger partial charge on any atom is 1.00 e. The Kier molecular flexibility index (Phi) is 1.63. The lowest BCUT2D eigenvalue weighted by molar-refractivity contribution is 0.244. The van der Waals surface area contributed by atoms with Crippen molar-refractivity contribution in [1.29, 1.82) is 0 Å². The molecule has 0 saturated heterocycles. The van der Waals surface area contributed by atoms with Gasteiger partial charge in [0.25, 0.3) is 11.9 Å². The van der Waals surface area contributed by atoms with Crippen molar-refractivity contribution in [3.05, 3.63) is 12.1 Å². The second-order valence-electron chi connectivity index (χ2n) is 1.48. The summed E-state index contributed by atoms with van der Waals surface area (Å²) in [5.74, 6) is 0.929. The van der Waals surface area contributed by atoms with Crippen LogP contribution in [0.2, 0.25) is 0 Å². The molecule has 0 fully saturated rings. The molecule has 9 heavy (non-hydrogen) atoms. The standard InChI is InChI=1S/C6H8O3/c1-7-5-3-4-6(8-2)9-5/h3-4H,1-2H3/p+1.